The zero-order valence-electron chi connectivity index (χ0n) is 10.9. The number of urea groups is 1. The Balaban J connectivity index is 1.86. The van der Waals surface area contributed by atoms with Crippen LogP contribution in [0.15, 0.2) is 24.3 Å². The molecule has 0 aromatic heterocycles. The molecule has 5 nitrogen and oxygen atoms in total. The van der Waals surface area contributed by atoms with Crippen LogP contribution in [0.25, 0.3) is 0 Å². The van der Waals surface area contributed by atoms with Crippen LogP contribution < -0.4 is 10.1 Å². The van der Waals surface area contributed by atoms with E-state index in [1.807, 2.05) is 0 Å². The number of nitrogens with zero attached hydrogens (tertiary/aromatic N) is 1. The molecule has 0 saturated carbocycles. The topological polar surface area (TPSA) is 50.8 Å². The predicted octanol–water partition coefficient (Wildman–Crippen LogP) is 3.04. The van der Waals surface area contributed by atoms with Crippen LogP contribution >= 0.6 is 0 Å². The molecule has 0 aliphatic carbocycles. The molecular weight excluding hydrogens is 315 g/mol. The molecule has 1 aliphatic rings. The number of likely N-dealkylation sites (tertiary alicyclic amines) is 1. The highest BCUT2D eigenvalue weighted by molar-refractivity contribution is 5.90. The fourth-order valence-electron chi connectivity index (χ4n) is 1.81. The van der Waals surface area contributed by atoms with E-state index < -0.39 is 30.9 Å². The van der Waals surface area contributed by atoms with Crippen molar-refractivity contribution in [2.24, 2.45) is 0 Å². The van der Waals surface area contributed by atoms with Crippen molar-refractivity contribution in [3.63, 3.8) is 0 Å². The number of carbonyl (C=O) groups is 1. The number of carbonyl (C=O) groups excluding carboxylic acids is 1. The maximum atomic E-state index is 12.1. The molecule has 122 valence electrons. The van der Waals surface area contributed by atoms with E-state index in [-0.39, 0.29) is 18.8 Å². The highest BCUT2D eigenvalue weighted by atomic mass is 19.4. The average Bonchev–Trinajstić information content (AvgIpc) is 2.31. The van der Waals surface area contributed by atoms with Gasteiger partial charge in [0, 0.05) is 11.8 Å². The first-order valence-electron chi connectivity index (χ1n) is 6.08. The highest BCUT2D eigenvalue weighted by Gasteiger charge is 2.34. The van der Waals surface area contributed by atoms with Gasteiger partial charge < -0.3 is 19.7 Å². The van der Waals surface area contributed by atoms with Crippen molar-refractivity contribution < 1.29 is 36.2 Å². The molecule has 0 spiro atoms. The third-order valence-electron chi connectivity index (χ3n) is 2.75. The number of halogens is 5. The van der Waals surface area contributed by atoms with Gasteiger partial charge in [-0.25, -0.2) is 4.79 Å². The van der Waals surface area contributed by atoms with E-state index in [9.17, 15) is 26.7 Å². The van der Waals surface area contributed by atoms with Crippen LogP contribution in [-0.2, 0) is 4.74 Å². The molecule has 2 amide bonds. The van der Waals surface area contributed by atoms with E-state index >= 15 is 0 Å². The second kappa shape index (κ2) is 6.34. The van der Waals surface area contributed by atoms with Gasteiger partial charge in [0.25, 0.3) is 0 Å². The van der Waals surface area contributed by atoms with Gasteiger partial charge in [0.1, 0.15) is 5.75 Å². The first-order valence-corrected chi connectivity index (χ1v) is 6.08. The van der Waals surface area contributed by atoms with Crippen LogP contribution in [-0.4, -0.2) is 43.1 Å². The Kier molecular flexibility index (Phi) is 4.69. The van der Waals surface area contributed by atoms with Crippen LogP contribution in [0, 0.1) is 0 Å². The number of nitrogens with one attached hydrogen (secondary N) is 1. The Hall–Kier alpha value is -2.10. The van der Waals surface area contributed by atoms with Gasteiger partial charge in [0.05, 0.1) is 19.2 Å². The molecule has 1 aliphatic heterocycles. The number of benzene rings is 1. The van der Waals surface area contributed by atoms with E-state index in [1.165, 1.54) is 17.0 Å². The van der Waals surface area contributed by atoms with Crippen LogP contribution in [0.5, 0.6) is 5.75 Å². The summed E-state index contributed by atoms with van der Waals surface area (Å²) in [7, 11) is 0. The lowest BCUT2D eigenvalue weighted by Crippen LogP contribution is -2.56. The van der Waals surface area contributed by atoms with Crippen LogP contribution in [0.4, 0.5) is 32.4 Å². The number of hydrogen-bond acceptors (Lipinski definition) is 3. The van der Waals surface area contributed by atoms with Gasteiger partial charge in [-0.1, -0.05) is 6.07 Å². The zero-order chi connectivity index (χ0) is 16.3. The lowest BCUT2D eigenvalue weighted by molar-refractivity contribution is -0.274. The fourth-order valence-corrected chi connectivity index (χ4v) is 1.81. The summed E-state index contributed by atoms with van der Waals surface area (Å²) < 4.78 is 68.0. The predicted molar refractivity (Wildman–Crippen MR) is 64.6 cm³/mol. The molecule has 0 atom stereocenters. The maximum absolute atomic E-state index is 12.1. The lowest BCUT2D eigenvalue weighted by atomic mass is 10.2. The number of hydrogen-bond donors (Lipinski definition) is 1. The second-order valence-corrected chi connectivity index (χ2v) is 4.43. The van der Waals surface area contributed by atoms with Gasteiger partial charge in [-0.2, -0.15) is 8.78 Å². The lowest BCUT2D eigenvalue weighted by Gasteiger charge is -2.38. The first-order chi connectivity index (χ1) is 10.2. The number of ether oxygens (including phenoxy) is 2. The van der Waals surface area contributed by atoms with Crippen molar-refractivity contribution in [1.29, 1.82) is 0 Å². The SMILES string of the molecule is O=C(Nc1cccc(OC(F)(F)F)c1)N1CC(OC(F)F)C1. The van der Waals surface area contributed by atoms with Crippen molar-refractivity contribution in [2.75, 3.05) is 18.4 Å². The van der Waals surface area contributed by atoms with Crippen molar-refractivity contribution in [1.82, 2.24) is 4.90 Å². The number of anilines is 1. The van der Waals surface area contributed by atoms with Gasteiger partial charge >= 0.3 is 19.0 Å². The largest absolute Gasteiger partial charge is 0.573 e. The van der Waals surface area contributed by atoms with Gasteiger partial charge in [-0.05, 0) is 12.1 Å². The minimum atomic E-state index is -4.83. The molecular formula is C12H11F5N2O3. The monoisotopic (exact) mass is 326 g/mol. The van der Waals surface area contributed by atoms with Crippen molar-refractivity contribution in [3.8, 4) is 5.75 Å². The Morgan fingerprint density at radius 1 is 1.32 bits per heavy atom. The third-order valence-corrected chi connectivity index (χ3v) is 2.75. The van der Waals surface area contributed by atoms with Gasteiger partial charge in [0.2, 0.25) is 0 Å². The van der Waals surface area contributed by atoms with Gasteiger partial charge in [-0.3, -0.25) is 0 Å². The molecule has 1 aromatic rings. The van der Waals surface area contributed by atoms with Gasteiger partial charge in [0.15, 0.2) is 0 Å². The minimum Gasteiger partial charge on any atom is -0.406 e. The Morgan fingerprint density at radius 2 is 2.00 bits per heavy atom. The molecule has 22 heavy (non-hydrogen) atoms. The summed E-state index contributed by atoms with van der Waals surface area (Å²) >= 11 is 0. The average molecular weight is 326 g/mol. The summed E-state index contributed by atoms with van der Waals surface area (Å²) in [5, 5.41) is 2.34. The Bertz CT molecular complexity index is 532. The summed E-state index contributed by atoms with van der Waals surface area (Å²) in [5.41, 5.74) is 0.0879. The van der Waals surface area contributed by atoms with E-state index in [1.54, 1.807) is 0 Å². The molecule has 0 radical (unpaired) electrons. The highest BCUT2D eigenvalue weighted by Crippen LogP contribution is 2.25. The summed E-state index contributed by atoms with van der Waals surface area (Å²) in [6, 6.07) is 4.10. The first kappa shape index (κ1) is 16.3. The van der Waals surface area contributed by atoms with Crippen LogP contribution in [0.1, 0.15) is 0 Å². The molecule has 0 unspecified atom stereocenters. The summed E-state index contributed by atoms with van der Waals surface area (Å²) in [6.07, 6.45) is -5.58. The number of rotatable bonds is 4. The van der Waals surface area contributed by atoms with Crippen LogP contribution in [0.3, 0.4) is 0 Å². The van der Waals surface area contributed by atoms with Crippen molar-refractivity contribution in [2.45, 2.75) is 19.1 Å². The Labute approximate surface area is 121 Å². The molecule has 1 fully saturated rings. The molecule has 1 N–H and O–H groups in total. The normalized spacial score (nSPS) is 15.6. The molecule has 0 bridgehead atoms. The number of alkyl halides is 5. The summed E-state index contributed by atoms with van der Waals surface area (Å²) in [4.78, 5) is 12.9. The van der Waals surface area contributed by atoms with Crippen molar-refractivity contribution in [3.05, 3.63) is 24.3 Å². The Morgan fingerprint density at radius 3 is 2.59 bits per heavy atom. The summed E-state index contributed by atoms with van der Waals surface area (Å²) in [5.74, 6) is -0.479. The molecule has 2 rings (SSSR count). The quantitative estimate of drug-likeness (QED) is 0.865. The second-order valence-electron chi connectivity index (χ2n) is 4.43. The minimum absolute atomic E-state index is 0.0189. The molecule has 1 aromatic carbocycles. The van der Waals surface area contributed by atoms with E-state index in [2.05, 4.69) is 14.8 Å². The fraction of sp³-hybridized carbons (Fsp3) is 0.417. The van der Waals surface area contributed by atoms with E-state index in [0.717, 1.165) is 12.1 Å². The van der Waals surface area contributed by atoms with E-state index in [0.29, 0.717) is 0 Å². The zero-order valence-corrected chi connectivity index (χ0v) is 10.9. The summed E-state index contributed by atoms with van der Waals surface area (Å²) in [6.45, 7) is -2.95. The smallest absolute Gasteiger partial charge is 0.406 e. The standard InChI is InChI=1S/C12H11F5N2O3/c13-10(14)21-9-5-19(6-9)11(20)18-7-2-1-3-8(4-7)22-12(15,16)17/h1-4,9-10H,5-6H2,(H,18,20). The number of amides is 2. The van der Waals surface area contributed by atoms with Crippen LogP contribution in [0.2, 0.25) is 0 Å². The van der Waals surface area contributed by atoms with E-state index in [4.69, 9.17) is 0 Å². The molecule has 10 heteroatoms. The van der Waals surface area contributed by atoms with Crippen molar-refractivity contribution >= 4 is 11.7 Å². The molecule has 1 heterocycles. The van der Waals surface area contributed by atoms with Gasteiger partial charge in [-0.15, -0.1) is 13.2 Å². The molecule has 1 saturated heterocycles. The third kappa shape index (κ3) is 4.72. The maximum Gasteiger partial charge on any atom is 0.573 e.